The van der Waals surface area contributed by atoms with Crippen LogP contribution >= 0.6 is 0 Å². The summed E-state index contributed by atoms with van der Waals surface area (Å²) in [4.78, 5) is 38.2. The number of Topliss-reactive ketones (excluding diaryl/α,β-unsaturated/α-hetero) is 1. The van der Waals surface area contributed by atoms with Crippen molar-refractivity contribution in [3.63, 3.8) is 0 Å². The second-order valence-electron chi connectivity index (χ2n) is 8.36. The number of nitrogens with zero attached hydrogens (tertiary/aromatic N) is 1. The number of piperidine rings is 1. The zero-order chi connectivity index (χ0) is 20.9. The Labute approximate surface area is 161 Å². The molecule has 1 saturated heterocycles. The number of ether oxygens (including phenoxy) is 2. The largest absolute Gasteiger partial charge is 0.469 e. The Morgan fingerprint density at radius 3 is 2.54 bits per heavy atom. The molecule has 1 saturated carbocycles. The predicted octanol–water partition coefficient (Wildman–Crippen LogP) is 2.97. The maximum atomic E-state index is 14.4. The number of halogens is 2. The van der Waals surface area contributed by atoms with Gasteiger partial charge in [0.05, 0.1) is 13.2 Å². The first kappa shape index (κ1) is 20.2. The van der Waals surface area contributed by atoms with E-state index in [1.807, 2.05) is 0 Å². The molecule has 0 N–H and O–H groups in total. The van der Waals surface area contributed by atoms with E-state index in [1.165, 1.54) is 12.0 Å². The Morgan fingerprint density at radius 2 is 1.93 bits per heavy atom. The van der Waals surface area contributed by atoms with Gasteiger partial charge in [0.2, 0.25) is 0 Å². The van der Waals surface area contributed by atoms with E-state index in [2.05, 4.69) is 4.74 Å². The molecular weight excluding hydrogens is 372 g/mol. The van der Waals surface area contributed by atoms with Crippen molar-refractivity contribution in [3.8, 4) is 0 Å². The molecule has 2 fully saturated rings. The molecular formula is C20H23F2NO5. The first-order chi connectivity index (χ1) is 13.0. The maximum absolute atomic E-state index is 14.4. The van der Waals surface area contributed by atoms with E-state index in [4.69, 9.17) is 4.74 Å². The molecule has 2 aliphatic rings. The minimum absolute atomic E-state index is 0.0184. The van der Waals surface area contributed by atoms with E-state index in [0.29, 0.717) is 6.42 Å². The zero-order valence-electron chi connectivity index (χ0n) is 16.3. The monoisotopic (exact) mass is 395 g/mol. The summed E-state index contributed by atoms with van der Waals surface area (Å²) in [6.07, 6.45) is -0.803. The second kappa shape index (κ2) is 6.83. The standard InChI is InChI=1S/C20H23F2NO5/c1-19(2,3)28-18(26)23-10-20(12-7-11(21)5-6-14(12)22)9-13(20)17(23)15(24)8-16(25)27-4/h5-7,13,17H,8-10H2,1-4H3/t13-,17?,20+/m0/s1. The molecule has 0 aromatic heterocycles. The van der Waals surface area contributed by atoms with Gasteiger partial charge in [0.15, 0.2) is 5.78 Å². The van der Waals surface area contributed by atoms with Crippen LogP contribution in [0.1, 0.15) is 39.2 Å². The number of carbonyl (C=O) groups is 3. The van der Waals surface area contributed by atoms with E-state index in [1.54, 1.807) is 20.8 Å². The molecule has 6 nitrogen and oxygen atoms in total. The minimum atomic E-state index is -0.948. The van der Waals surface area contributed by atoms with Crippen LogP contribution in [0.5, 0.6) is 0 Å². The second-order valence-corrected chi connectivity index (χ2v) is 8.36. The number of fused-ring (bicyclic) bond motifs is 1. The van der Waals surface area contributed by atoms with E-state index in [0.717, 1.165) is 18.2 Å². The molecule has 8 heteroatoms. The number of hydrogen-bond donors (Lipinski definition) is 0. The summed E-state index contributed by atoms with van der Waals surface area (Å²) in [5, 5.41) is 0. The van der Waals surface area contributed by atoms with Crippen LogP contribution in [0.3, 0.4) is 0 Å². The molecule has 1 heterocycles. The van der Waals surface area contributed by atoms with Gasteiger partial charge in [-0.25, -0.2) is 13.6 Å². The fraction of sp³-hybridized carbons (Fsp3) is 0.550. The summed E-state index contributed by atoms with van der Waals surface area (Å²) in [5.41, 5.74) is -1.52. The topological polar surface area (TPSA) is 72.9 Å². The van der Waals surface area contributed by atoms with Crippen LogP contribution in [-0.4, -0.2) is 48.0 Å². The molecule has 1 aliphatic carbocycles. The lowest BCUT2D eigenvalue weighted by Crippen LogP contribution is -2.46. The lowest BCUT2D eigenvalue weighted by Gasteiger charge is -2.30. The SMILES string of the molecule is COC(=O)CC(=O)C1[C@@H]2C[C@]2(c2cc(F)ccc2F)CN1C(=O)OC(C)(C)C. The third-order valence-corrected chi connectivity index (χ3v) is 5.27. The van der Waals surface area contributed by atoms with Crippen LogP contribution < -0.4 is 0 Å². The zero-order valence-corrected chi connectivity index (χ0v) is 16.3. The van der Waals surface area contributed by atoms with Gasteiger partial charge in [0.1, 0.15) is 23.7 Å². The fourth-order valence-electron chi connectivity index (χ4n) is 4.04. The number of ketones is 1. The average Bonchev–Trinajstić information content (AvgIpc) is 3.20. The van der Waals surface area contributed by atoms with Crippen LogP contribution in [0.2, 0.25) is 0 Å². The molecule has 1 amide bonds. The van der Waals surface area contributed by atoms with Gasteiger partial charge in [-0.1, -0.05) is 0 Å². The first-order valence-corrected chi connectivity index (χ1v) is 9.03. The number of amides is 1. The molecule has 0 spiro atoms. The van der Waals surface area contributed by atoms with Crippen molar-refractivity contribution in [1.82, 2.24) is 4.90 Å². The predicted molar refractivity (Wildman–Crippen MR) is 94.5 cm³/mol. The highest BCUT2D eigenvalue weighted by molar-refractivity contribution is 6.00. The van der Waals surface area contributed by atoms with Gasteiger partial charge in [0.25, 0.3) is 0 Å². The van der Waals surface area contributed by atoms with Gasteiger partial charge < -0.3 is 9.47 Å². The minimum Gasteiger partial charge on any atom is -0.469 e. The quantitative estimate of drug-likeness (QED) is 0.579. The lowest BCUT2D eigenvalue weighted by atomic mass is 9.93. The third kappa shape index (κ3) is 3.59. The fourth-order valence-corrected chi connectivity index (χ4v) is 4.04. The van der Waals surface area contributed by atoms with Crippen molar-refractivity contribution >= 4 is 17.8 Å². The van der Waals surface area contributed by atoms with Gasteiger partial charge in [-0.3, -0.25) is 14.5 Å². The summed E-state index contributed by atoms with van der Waals surface area (Å²) >= 11 is 0. The Hall–Kier alpha value is -2.51. The highest BCUT2D eigenvalue weighted by atomic mass is 19.1. The van der Waals surface area contributed by atoms with Gasteiger partial charge in [-0.2, -0.15) is 0 Å². The molecule has 3 rings (SSSR count). The number of likely N-dealkylation sites (tertiary alicyclic amines) is 1. The first-order valence-electron chi connectivity index (χ1n) is 9.03. The van der Waals surface area contributed by atoms with Crippen LogP contribution in [0.4, 0.5) is 13.6 Å². The molecule has 0 radical (unpaired) electrons. The summed E-state index contributed by atoms with van der Waals surface area (Å²) in [6, 6.07) is 2.22. The van der Waals surface area contributed by atoms with Gasteiger partial charge in [-0.15, -0.1) is 0 Å². The number of methoxy groups -OCH3 is 1. The lowest BCUT2D eigenvalue weighted by molar-refractivity contribution is -0.144. The number of rotatable bonds is 4. The molecule has 3 atom stereocenters. The van der Waals surface area contributed by atoms with Crippen molar-refractivity contribution in [1.29, 1.82) is 0 Å². The van der Waals surface area contributed by atoms with Gasteiger partial charge in [0, 0.05) is 12.0 Å². The Balaban J connectivity index is 1.94. The average molecular weight is 395 g/mol. The molecule has 1 unspecified atom stereocenters. The molecule has 1 aliphatic heterocycles. The van der Waals surface area contributed by atoms with Crippen LogP contribution in [0.15, 0.2) is 18.2 Å². The molecule has 1 aromatic carbocycles. The normalized spacial score (nSPS) is 25.9. The van der Waals surface area contributed by atoms with Crippen molar-refractivity contribution in [2.75, 3.05) is 13.7 Å². The molecule has 1 aromatic rings. The van der Waals surface area contributed by atoms with Gasteiger partial charge >= 0.3 is 12.1 Å². The smallest absolute Gasteiger partial charge is 0.410 e. The maximum Gasteiger partial charge on any atom is 0.410 e. The highest BCUT2D eigenvalue weighted by Gasteiger charge is 2.69. The third-order valence-electron chi connectivity index (χ3n) is 5.27. The number of esters is 1. The Bertz CT molecular complexity index is 834. The van der Waals surface area contributed by atoms with Crippen molar-refractivity contribution in [2.45, 2.75) is 50.7 Å². The molecule has 152 valence electrons. The number of hydrogen-bond acceptors (Lipinski definition) is 5. The van der Waals surface area contributed by atoms with Crippen molar-refractivity contribution in [2.24, 2.45) is 5.92 Å². The van der Waals surface area contributed by atoms with Crippen LogP contribution in [0, 0.1) is 17.6 Å². The molecule has 0 bridgehead atoms. The van der Waals surface area contributed by atoms with E-state index in [-0.39, 0.29) is 12.1 Å². The summed E-state index contributed by atoms with van der Waals surface area (Å²) in [7, 11) is 1.17. The number of benzene rings is 1. The summed E-state index contributed by atoms with van der Waals surface area (Å²) < 4.78 is 38.1. The van der Waals surface area contributed by atoms with Crippen LogP contribution in [-0.2, 0) is 24.5 Å². The van der Waals surface area contributed by atoms with E-state index >= 15 is 0 Å². The summed E-state index contributed by atoms with van der Waals surface area (Å²) in [5.74, 6) is -2.81. The Kier molecular flexibility index (Phi) is 4.93. The molecule has 28 heavy (non-hydrogen) atoms. The summed E-state index contributed by atoms with van der Waals surface area (Å²) in [6.45, 7) is 5.09. The van der Waals surface area contributed by atoms with Gasteiger partial charge in [-0.05, 0) is 56.9 Å². The van der Waals surface area contributed by atoms with Crippen molar-refractivity contribution < 1.29 is 32.6 Å². The van der Waals surface area contributed by atoms with E-state index < -0.39 is 58.9 Å². The highest BCUT2D eigenvalue weighted by Crippen LogP contribution is 2.63. The Morgan fingerprint density at radius 1 is 1.25 bits per heavy atom. The van der Waals surface area contributed by atoms with E-state index in [9.17, 15) is 23.2 Å². The number of carbonyl (C=O) groups excluding carboxylic acids is 3. The van der Waals surface area contributed by atoms with Crippen LogP contribution in [0.25, 0.3) is 0 Å². The van der Waals surface area contributed by atoms with Crippen molar-refractivity contribution in [3.05, 3.63) is 35.4 Å².